The summed E-state index contributed by atoms with van der Waals surface area (Å²) < 4.78 is 17.0. The molecule has 4 N–H and O–H groups in total. The molecule has 3 aliphatic rings. The fourth-order valence-corrected chi connectivity index (χ4v) is 5.67. The maximum Gasteiger partial charge on any atom is 0.428 e. The van der Waals surface area contributed by atoms with Crippen LogP contribution >= 0.6 is 0 Å². The number of aromatic nitrogens is 5. The van der Waals surface area contributed by atoms with Gasteiger partial charge >= 0.3 is 11.6 Å². The number of nitrogens with two attached hydrogens (primary N) is 1. The summed E-state index contributed by atoms with van der Waals surface area (Å²) in [6.45, 7) is 2.05. The Bertz CT molecular complexity index is 1460. The summed E-state index contributed by atoms with van der Waals surface area (Å²) in [5.74, 6) is 0.0697. The fraction of sp³-hybridized carbons (Fsp3) is 0.333. The van der Waals surface area contributed by atoms with Gasteiger partial charge in [0.05, 0.1) is 24.4 Å². The Labute approximate surface area is 188 Å². The van der Waals surface area contributed by atoms with E-state index in [1.165, 1.54) is 9.08 Å². The van der Waals surface area contributed by atoms with E-state index in [9.17, 15) is 14.3 Å². The van der Waals surface area contributed by atoms with Crippen LogP contribution in [0.15, 0.2) is 47.3 Å². The number of anilines is 1. The van der Waals surface area contributed by atoms with Crippen LogP contribution in [0.2, 0.25) is 0 Å². The van der Waals surface area contributed by atoms with E-state index in [4.69, 9.17) is 5.73 Å². The van der Waals surface area contributed by atoms with Gasteiger partial charge < -0.3 is 10.8 Å². The number of aliphatic hydroxyl groups excluding tert-OH is 1. The highest BCUT2D eigenvalue weighted by Gasteiger charge is 2.69. The van der Waals surface area contributed by atoms with Crippen molar-refractivity contribution in [2.45, 2.75) is 45.0 Å². The second-order valence-corrected chi connectivity index (χ2v) is 9.55. The van der Waals surface area contributed by atoms with Crippen LogP contribution in [0.1, 0.15) is 30.7 Å². The molecule has 3 fully saturated rings. The Balaban J connectivity index is 1.61. The first-order valence-corrected chi connectivity index (χ1v) is 11.0. The Morgan fingerprint density at radius 2 is 1.91 bits per heavy atom. The molecule has 2 bridgehead atoms. The number of aliphatic hydroxyl groups is 1. The van der Waals surface area contributed by atoms with Crippen molar-refractivity contribution >= 4 is 11.6 Å². The van der Waals surface area contributed by atoms with Crippen molar-refractivity contribution in [2.75, 3.05) is 5.73 Å². The van der Waals surface area contributed by atoms with Gasteiger partial charge in [0.25, 0.3) is 0 Å². The Hall–Kier alpha value is -3.59. The van der Waals surface area contributed by atoms with E-state index in [2.05, 4.69) is 15.1 Å². The van der Waals surface area contributed by atoms with Gasteiger partial charge in [-0.3, -0.25) is 4.98 Å². The summed E-state index contributed by atoms with van der Waals surface area (Å²) in [7, 11) is 0. The van der Waals surface area contributed by atoms with Crippen LogP contribution in [-0.2, 0) is 13.2 Å². The average Bonchev–Trinajstić information content (AvgIpc) is 3.08. The van der Waals surface area contributed by atoms with Crippen LogP contribution < -0.4 is 15.8 Å². The smallest absolute Gasteiger partial charge is 0.390 e. The predicted octanol–water partition coefficient (Wildman–Crippen LogP) is 2.31. The summed E-state index contributed by atoms with van der Waals surface area (Å²) in [6, 6.07) is 13.3. The van der Waals surface area contributed by atoms with Crippen molar-refractivity contribution in [1.29, 1.82) is 0 Å². The van der Waals surface area contributed by atoms with Crippen molar-refractivity contribution < 1.29 is 13.9 Å². The Kier molecular flexibility index (Phi) is 4.08. The molecule has 33 heavy (non-hydrogen) atoms. The molecule has 4 aromatic rings. The third-order valence-corrected chi connectivity index (χ3v) is 6.89. The van der Waals surface area contributed by atoms with Gasteiger partial charge in [-0.05, 0) is 43.9 Å². The second kappa shape index (κ2) is 6.71. The van der Waals surface area contributed by atoms with E-state index in [0.717, 1.165) is 16.8 Å². The van der Waals surface area contributed by atoms with Crippen molar-refractivity contribution in [3.05, 3.63) is 64.3 Å². The highest BCUT2D eigenvalue weighted by molar-refractivity contribution is 5.88. The number of alkyl halides is 1. The molecule has 0 atom stereocenters. The normalized spacial score (nSPS) is 23.4. The van der Waals surface area contributed by atoms with Gasteiger partial charge in [0.1, 0.15) is 11.4 Å². The third kappa shape index (κ3) is 2.99. The zero-order chi connectivity index (χ0) is 23.0. The van der Waals surface area contributed by atoms with Crippen molar-refractivity contribution in [3.63, 3.8) is 0 Å². The van der Waals surface area contributed by atoms with Gasteiger partial charge in [0.2, 0.25) is 5.65 Å². The maximum absolute atomic E-state index is 14.1. The molecule has 3 saturated carbocycles. The molecular formula is C24H24FN6O2+. The summed E-state index contributed by atoms with van der Waals surface area (Å²) in [4.78, 5) is 22.3. The van der Waals surface area contributed by atoms with Gasteiger partial charge in [0, 0.05) is 16.7 Å². The molecule has 0 aliphatic heterocycles. The monoisotopic (exact) mass is 447 g/mol. The molecule has 3 aromatic heterocycles. The number of hydrogen-bond donors (Lipinski definition) is 3. The number of aryl methyl sites for hydroxylation is 1. The number of halogens is 1. The first-order valence-electron chi connectivity index (χ1n) is 11.0. The quantitative estimate of drug-likeness (QED) is 0.406. The van der Waals surface area contributed by atoms with Gasteiger partial charge in [-0.1, -0.05) is 30.3 Å². The molecule has 168 valence electrons. The zero-order valence-electron chi connectivity index (χ0n) is 18.2. The second-order valence-electron chi connectivity index (χ2n) is 9.55. The lowest BCUT2D eigenvalue weighted by Crippen LogP contribution is -2.66. The van der Waals surface area contributed by atoms with E-state index in [1.807, 2.05) is 43.3 Å². The number of benzene rings is 1. The third-order valence-electron chi connectivity index (χ3n) is 6.89. The average molecular weight is 447 g/mol. The van der Waals surface area contributed by atoms with Crippen molar-refractivity contribution in [3.8, 4) is 22.4 Å². The number of aromatic amines is 1. The zero-order valence-corrected chi connectivity index (χ0v) is 18.2. The first-order chi connectivity index (χ1) is 15.8. The lowest BCUT2D eigenvalue weighted by atomic mass is 9.42. The predicted molar refractivity (Wildman–Crippen MR) is 120 cm³/mol. The molecule has 3 aliphatic carbocycles. The van der Waals surface area contributed by atoms with Gasteiger partial charge in [0.15, 0.2) is 0 Å². The molecule has 8 nitrogen and oxygen atoms in total. The standard InChI is InChI=1S/C24H23FN6O2/c1-14-7-16(8-17(9-32)27-14)18-19(15-5-3-2-4-6-15)28-21(26)31-20(18)29-30(22(31)33)13-23-10-24(25,11-23)12-23/h2-8,32H,9-13H2,1H3,(H2,26,27,28,29)/p+1. The molecule has 0 spiro atoms. The van der Waals surface area contributed by atoms with Gasteiger partial charge in [-0.15, -0.1) is 9.38 Å². The Morgan fingerprint density at radius 3 is 2.58 bits per heavy atom. The number of nitrogens with zero attached hydrogens (tertiary/aromatic N) is 4. The van der Waals surface area contributed by atoms with Crippen LogP contribution in [0, 0.1) is 12.3 Å². The van der Waals surface area contributed by atoms with Crippen molar-refractivity contribution in [2.24, 2.45) is 5.41 Å². The summed E-state index contributed by atoms with van der Waals surface area (Å²) >= 11 is 0. The molecule has 7 rings (SSSR count). The van der Waals surface area contributed by atoms with Crippen molar-refractivity contribution in [1.82, 2.24) is 19.7 Å². The minimum absolute atomic E-state index is 0.0697. The number of pyridine rings is 1. The van der Waals surface area contributed by atoms with E-state index >= 15 is 0 Å². The number of nitrogens with one attached hydrogen (secondary N) is 1. The van der Waals surface area contributed by atoms with E-state index in [0.29, 0.717) is 48.4 Å². The van der Waals surface area contributed by atoms with Gasteiger partial charge in [-0.25, -0.2) is 14.3 Å². The maximum atomic E-state index is 14.1. The number of rotatable bonds is 5. The number of hydrogen-bond acceptors (Lipinski definition) is 5. The molecular weight excluding hydrogens is 423 g/mol. The molecule has 0 radical (unpaired) electrons. The van der Waals surface area contributed by atoms with Crippen LogP contribution in [0.3, 0.4) is 0 Å². The SMILES string of the molecule is Cc1cc(-c2c(-c3ccccc3)nc(N)[n+]3c(=O)n(CC45CC(F)(C4)C5)[nH]c23)cc(CO)n1. The highest BCUT2D eigenvalue weighted by atomic mass is 19.1. The lowest BCUT2D eigenvalue weighted by Gasteiger charge is -2.65. The minimum Gasteiger partial charge on any atom is -0.390 e. The molecule has 1 aromatic carbocycles. The molecule has 0 amide bonds. The minimum atomic E-state index is -1.04. The summed E-state index contributed by atoms with van der Waals surface area (Å²) in [6.07, 6.45) is 1.48. The van der Waals surface area contributed by atoms with E-state index in [1.54, 1.807) is 6.07 Å². The summed E-state index contributed by atoms with van der Waals surface area (Å²) in [5, 5.41) is 13.0. The number of fused-ring (bicyclic) bond motifs is 1. The largest absolute Gasteiger partial charge is 0.428 e. The first kappa shape index (κ1) is 20.0. The van der Waals surface area contributed by atoms with Crippen LogP contribution in [-0.4, -0.2) is 30.5 Å². The van der Waals surface area contributed by atoms with E-state index < -0.39 is 5.67 Å². The van der Waals surface area contributed by atoms with Crippen LogP contribution in [0.5, 0.6) is 0 Å². The van der Waals surface area contributed by atoms with Crippen LogP contribution in [0.4, 0.5) is 10.3 Å². The highest BCUT2D eigenvalue weighted by Crippen LogP contribution is 2.69. The Morgan fingerprint density at radius 1 is 1.18 bits per heavy atom. The fourth-order valence-electron chi connectivity index (χ4n) is 5.67. The molecule has 0 saturated heterocycles. The summed E-state index contributed by atoms with van der Waals surface area (Å²) in [5.41, 5.74) is 9.41. The number of H-pyrrole nitrogens is 1. The van der Waals surface area contributed by atoms with Crippen LogP contribution in [0.25, 0.3) is 28.0 Å². The molecule has 9 heteroatoms. The topological polar surface area (TPSA) is 114 Å². The van der Waals surface area contributed by atoms with Gasteiger partial charge in [-0.2, -0.15) is 4.68 Å². The van der Waals surface area contributed by atoms with E-state index in [-0.39, 0.29) is 23.7 Å². The lowest BCUT2D eigenvalue weighted by molar-refractivity contribution is -0.517. The molecule has 3 heterocycles. The molecule has 0 unspecified atom stereocenters. The number of nitrogen functional groups attached to an aromatic ring is 1.